The summed E-state index contributed by atoms with van der Waals surface area (Å²) in [5.74, 6) is 0.934. The Morgan fingerprint density at radius 1 is 0.850 bits per heavy atom. The summed E-state index contributed by atoms with van der Waals surface area (Å²) < 4.78 is 0. The van der Waals surface area contributed by atoms with E-state index in [1.165, 1.54) is 77.2 Å². The Hall–Kier alpha value is -0.0400. The van der Waals surface area contributed by atoms with Gasteiger partial charge in [0.2, 0.25) is 0 Å². The normalized spacial score (nSPS) is 24.6. The van der Waals surface area contributed by atoms with Crippen LogP contribution in [0, 0.1) is 11.3 Å². The van der Waals surface area contributed by atoms with Crippen LogP contribution in [-0.4, -0.2) is 12.6 Å². The van der Waals surface area contributed by atoms with Crippen LogP contribution in [0.15, 0.2) is 0 Å². The molecule has 0 aromatic heterocycles. The third-order valence-corrected chi connectivity index (χ3v) is 5.16. The van der Waals surface area contributed by atoms with Gasteiger partial charge in [-0.1, -0.05) is 66.2 Å². The minimum absolute atomic E-state index is 0.508. The highest BCUT2D eigenvalue weighted by Crippen LogP contribution is 2.36. The first-order valence-corrected chi connectivity index (χ1v) is 9.27. The Morgan fingerprint density at radius 2 is 1.55 bits per heavy atom. The molecule has 0 amide bonds. The maximum absolute atomic E-state index is 3.82. The second-order valence-corrected chi connectivity index (χ2v) is 7.99. The second kappa shape index (κ2) is 9.82. The van der Waals surface area contributed by atoms with Crippen molar-refractivity contribution in [1.29, 1.82) is 0 Å². The molecule has 0 heterocycles. The molecule has 2 atom stereocenters. The molecule has 0 aliphatic heterocycles. The third-order valence-electron chi connectivity index (χ3n) is 5.16. The summed E-state index contributed by atoms with van der Waals surface area (Å²) in [6.07, 6.45) is 15.6. The zero-order valence-electron chi connectivity index (χ0n) is 14.6. The van der Waals surface area contributed by atoms with Crippen molar-refractivity contribution in [2.24, 2.45) is 11.3 Å². The van der Waals surface area contributed by atoms with Gasteiger partial charge in [0.1, 0.15) is 0 Å². The first kappa shape index (κ1) is 18.0. The summed E-state index contributed by atoms with van der Waals surface area (Å²) >= 11 is 0. The van der Waals surface area contributed by atoms with Gasteiger partial charge < -0.3 is 5.32 Å². The van der Waals surface area contributed by atoms with Crippen molar-refractivity contribution in [3.05, 3.63) is 0 Å². The molecular weight excluding hydrogens is 242 g/mol. The van der Waals surface area contributed by atoms with Crippen molar-refractivity contribution in [2.75, 3.05) is 6.54 Å². The maximum Gasteiger partial charge on any atom is 0.00671 e. The van der Waals surface area contributed by atoms with E-state index in [1.807, 2.05) is 0 Å². The molecule has 1 heteroatoms. The summed E-state index contributed by atoms with van der Waals surface area (Å²) in [6.45, 7) is 10.8. The lowest BCUT2D eigenvalue weighted by atomic mass is 9.76. The van der Waals surface area contributed by atoms with Gasteiger partial charge in [-0.25, -0.2) is 0 Å². The highest BCUT2D eigenvalue weighted by molar-refractivity contribution is 4.81. The fourth-order valence-corrected chi connectivity index (χ4v) is 3.58. The zero-order valence-corrected chi connectivity index (χ0v) is 14.6. The first-order valence-electron chi connectivity index (χ1n) is 9.27. The molecule has 2 unspecified atom stereocenters. The van der Waals surface area contributed by atoms with Crippen molar-refractivity contribution >= 4 is 0 Å². The van der Waals surface area contributed by atoms with E-state index in [1.54, 1.807) is 0 Å². The predicted molar refractivity (Wildman–Crippen MR) is 91.2 cm³/mol. The molecular formula is C19H39N. The molecule has 1 aliphatic carbocycles. The molecule has 1 N–H and O–H groups in total. The number of unbranched alkanes of at least 4 members (excludes halogenated alkanes) is 5. The Kier molecular flexibility index (Phi) is 8.84. The smallest absolute Gasteiger partial charge is 0.00671 e. The Balaban J connectivity index is 2.07. The number of nitrogens with one attached hydrogen (secondary N) is 1. The number of hydrogen-bond acceptors (Lipinski definition) is 1. The van der Waals surface area contributed by atoms with Crippen LogP contribution in [0.4, 0.5) is 0 Å². The fraction of sp³-hybridized carbons (Fsp3) is 1.00. The van der Waals surface area contributed by atoms with Gasteiger partial charge >= 0.3 is 0 Å². The minimum atomic E-state index is 0.508. The summed E-state index contributed by atoms with van der Waals surface area (Å²) in [4.78, 5) is 0. The van der Waals surface area contributed by atoms with E-state index in [2.05, 4.69) is 33.0 Å². The van der Waals surface area contributed by atoms with Gasteiger partial charge in [-0.15, -0.1) is 0 Å². The lowest BCUT2D eigenvalue weighted by Crippen LogP contribution is -2.29. The van der Waals surface area contributed by atoms with E-state index in [4.69, 9.17) is 0 Å². The third kappa shape index (κ3) is 7.67. The molecule has 1 aliphatic rings. The standard InChI is InChI=1S/C19H39N/c1-5-6-7-8-9-10-16-20-18-13-11-12-17(14-15-18)19(2,3)4/h17-18,20H,5-16H2,1-4H3. The van der Waals surface area contributed by atoms with Crippen LogP contribution >= 0.6 is 0 Å². The van der Waals surface area contributed by atoms with Crippen LogP contribution in [0.1, 0.15) is 98.3 Å². The van der Waals surface area contributed by atoms with Gasteiger partial charge in [-0.3, -0.25) is 0 Å². The van der Waals surface area contributed by atoms with Crippen molar-refractivity contribution in [3.63, 3.8) is 0 Å². The van der Waals surface area contributed by atoms with E-state index in [9.17, 15) is 0 Å². The first-order chi connectivity index (χ1) is 9.54. The van der Waals surface area contributed by atoms with Crippen LogP contribution in [0.25, 0.3) is 0 Å². The van der Waals surface area contributed by atoms with Crippen LogP contribution in [0.3, 0.4) is 0 Å². The van der Waals surface area contributed by atoms with Gasteiger partial charge in [-0.2, -0.15) is 0 Å². The average molecular weight is 282 g/mol. The highest BCUT2D eigenvalue weighted by Gasteiger charge is 2.27. The second-order valence-electron chi connectivity index (χ2n) is 7.99. The molecule has 120 valence electrons. The Bertz CT molecular complexity index is 228. The van der Waals surface area contributed by atoms with Crippen LogP contribution in [0.2, 0.25) is 0 Å². The monoisotopic (exact) mass is 281 g/mol. The molecule has 1 fully saturated rings. The van der Waals surface area contributed by atoms with E-state index in [0.29, 0.717) is 5.41 Å². The fourth-order valence-electron chi connectivity index (χ4n) is 3.58. The van der Waals surface area contributed by atoms with Crippen molar-refractivity contribution in [1.82, 2.24) is 5.32 Å². The summed E-state index contributed by atoms with van der Waals surface area (Å²) in [5, 5.41) is 3.82. The average Bonchev–Trinajstić information content (AvgIpc) is 2.63. The molecule has 0 aromatic carbocycles. The zero-order chi connectivity index (χ0) is 14.8. The molecule has 20 heavy (non-hydrogen) atoms. The van der Waals surface area contributed by atoms with Crippen molar-refractivity contribution in [2.45, 2.75) is 104 Å². The quantitative estimate of drug-likeness (QED) is 0.429. The molecule has 1 nitrogen and oxygen atoms in total. The molecule has 0 bridgehead atoms. The van der Waals surface area contributed by atoms with Crippen molar-refractivity contribution in [3.8, 4) is 0 Å². The maximum atomic E-state index is 3.82. The summed E-state index contributed by atoms with van der Waals surface area (Å²) in [6, 6.07) is 0.804. The van der Waals surface area contributed by atoms with E-state index >= 15 is 0 Å². The van der Waals surface area contributed by atoms with Gasteiger partial charge in [0.15, 0.2) is 0 Å². The predicted octanol–water partition coefficient (Wildman–Crippen LogP) is 5.93. The van der Waals surface area contributed by atoms with Crippen LogP contribution in [0.5, 0.6) is 0 Å². The summed E-state index contributed by atoms with van der Waals surface area (Å²) in [7, 11) is 0. The van der Waals surface area contributed by atoms with E-state index in [0.717, 1.165) is 12.0 Å². The topological polar surface area (TPSA) is 12.0 Å². The van der Waals surface area contributed by atoms with E-state index < -0.39 is 0 Å². The van der Waals surface area contributed by atoms with Gasteiger partial charge in [0.25, 0.3) is 0 Å². The Labute approximate surface area is 128 Å². The largest absolute Gasteiger partial charge is 0.314 e. The SMILES string of the molecule is CCCCCCCCNC1CCCC(C(C)(C)C)CC1. The van der Waals surface area contributed by atoms with Crippen LogP contribution in [-0.2, 0) is 0 Å². The molecule has 1 saturated carbocycles. The lowest BCUT2D eigenvalue weighted by molar-refractivity contribution is 0.213. The van der Waals surface area contributed by atoms with Gasteiger partial charge in [-0.05, 0) is 50.0 Å². The highest BCUT2D eigenvalue weighted by atomic mass is 14.9. The molecule has 1 rings (SSSR count). The lowest BCUT2D eigenvalue weighted by Gasteiger charge is -2.29. The molecule has 0 saturated heterocycles. The molecule has 0 spiro atoms. The number of hydrogen-bond donors (Lipinski definition) is 1. The summed E-state index contributed by atoms with van der Waals surface area (Å²) in [5.41, 5.74) is 0.508. The van der Waals surface area contributed by atoms with Crippen LogP contribution < -0.4 is 5.32 Å². The van der Waals surface area contributed by atoms with Gasteiger partial charge in [0, 0.05) is 6.04 Å². The van der Waals surface area contributed by atoms with Gasteiger partial charge in [0.05, 0.1) is 0 Å². The molecule has 0 radical (unpaired) electrons. The molecule has 0 aromatic rings. The van der Waals surface area contributed by atoms with Crippen molar-refractivity contribution < 1.29 is 0 Å². The number of rotatable bonds is 8. The van der Waals surface area contributed by atoms with E-state index in [-0.39, 0.29) is 0 Å². The Morgan fingerprint density at radius 3 is 2.25 bits per heavy atom. The minimum Gasteiger partial charge on any atom is -0.314 e.